The average molecular weight is 335 g/mol. The van der Waals surface area contributed by atoms with Crippen LogP contribution in [0.5, 0.6) is 0 Å². The van der Waals surface area contributed by atoms with Gasteiger partial charge >= 0.3 is 12.4 Å². The van der Waals surface area contributed by atoms with E-state index in [0.29, 0.717) is 0 Å². The third-order valence-electron chi connectivity index (χ3n) is 3.66. The van der Waals surface area contributed by atoms with Crippen LogP contribution in [-0.4, -0.2) is 23.6 Å². The Labute approximate surface area is 129 Å². The first-order valence-corrected chi connectivity index (χ1v) is 6.82. The molecule has 0 unspecified atom stereocenters. The summed E-state index contributed by atoms with van der Waals surface area (Å²) in [5.41, 5.74) is -6.47. The minimum atomic E-state index is -5.58. The number of hydrogen-bond acceptors (Lipinski definition) is 1. The maximum atomic E-state index is 13.5. The average Bonchev–Trinajstić information content (AvgIpc) is 2.80. The predicted molar refractivity (Wildman–Crippen MR) is 75.4 cm³/mol. The largest absolute Gasteiger partial charge is 0.426 e. The number of hydrogen-bond donors (Lipinski definition) is 0. The Hall–Kier alpha value is -1.79. The molecule has 0 N–H and O–H groups in total. The van der Waals surface area contributed by atoms with Crippen molar-refractivity contribution in [2.45, 2.75) is 38.7 Å². The normalized spacial score (nSPS) is 18.7. The number of halogens is 6. The van der Waals surface area contributed by atoms with E-state index in [1.54, 1.807) is 6.07 Å². The van der Waals surface area contributed by atoms with Gasteiger partial charge in [0.15, 0.2) is 0 Å². The van der Waals surface area contributed by atoms with Gasteiger partial charge in [0.05, 0.1) is 5.71 Å². The van der Waals surface area contributed by atoms with E-state index >= 15 is 0 Å². The van der Waals surface area contributed by atoms with Gasteiger partial charge < -0.3 is 0 Å². The van der Waals surface area contributed by atoms with Gasteiger partial charge in [-0.1, -0.05) is 51.1 Å². The lowest BCUT2D eigenvalue weighted by Crippen LogP contribution is -2.57. The third-order valence-corrected chi connectivity index (χ3v) is 3.66. The van der Waals surface area contributed by atoms with E-state index in [0.717, 1.165) is 6.08 Å². The fraction of sp³-hybridized carbons (Fsp3) is 0.438. The molecule has 1 aromatic rings. The van der Waals surface area contributed by atoms with Crippen molar-refractivity contribution in [1.29, 1.82) is 0 Å². The van der Waals surface area contributed by atoms with Crippen molar-refractivity contribution >= 4 is 5.71 Å². The van der Waals surface area contributed by atoms with Gasteiger partial charge in [-0.15, -0.1) is 0 Å². The highest BCUT2D eigenvalue weighted by Gasteiger charge is 2.75. The van der Waals surface area contributed by atoms with E-state index < -0.39 is 28.9 Å². The highest BCUT2D eigenvalue weighted by Crippen LogP contribution is 2.57. The van der Waals surface area contributed by atoms with E-state index in [1.165, 1.54) is 45.0 Å². The molecule has 7 heteroatoms. The summed E-state index contributed by atoms with van der Waals surface area (Å²) >= 11 is 0. The Bertz CT molecular complexity index is 630. The highest BCUT2D eigenvalue weighted by atomic mass is 19.4. The van der Waals surface area contributed by atoms with Crippen LogP contribution in [0.2, 0.25) is 0 Å². The zero-order valence-corrected chi connectivity index (χ0v) is 12.7. The van der Waals surface area contributed by atoms with Crippen LogP contribution in [0.25, 0.3) is 0 Å². The van der Waals surface area contributed by atoms with Crippen molar-refractivity contribution in [2.24, 2.45) is 10.4 Å². The van der Waals surface area contributed by atoms with Crippen LogP contribution < -0.4 is 0 Å². The lowest BCUT2D eigenvalue weighted by molar-refractivity contribution is -0.284. The number of allylic oxidation sites excluding steroid dienone is 1. The summed E-state index contributed by atoms with van der Waals surface area (Å²) in [7, 11) is 0. The summed E-state index contributed by atoms with van der Waals surface area (Å²) in [4.78, 5) is 3.15. The molecule has 1 aromatic carbocycles. The first kappa shape index (κ1) is 17.6. The summed E-state index contributed by atoms with van der Waals surface area (Å²) in [6.07, 6.45) is -10.3. The molecule has 23 heavy (non-hydrogen) atoms. The van der Waals surface area contributed by atoms with E-state index in [2.05, 4.69) is 4.99 Å². The number of alkyl halides is 6. The number of rotatable bonds is 1. The molecule has 126 valence electrons. The number of benzene rings is 1. The van der Waals surface area contributed by atoms with Crippen molar-refractivity contribution in [1.82, 2.24) is 0 Å². The number of aliphatic imine (C=N–C) groups is 1. The molecule has 0 aromatic heterocycles. The van der Waals surface area contributed by atoms with Gasteiger partial charge in [0.2, 0.25) is 0 Å². The van der Waals surface area contributed by atoms with Gasteiger partial charge in [-0.3, -0.25) is 4.99 Å². The molecular formula is C16H15F6N. The molecule has 2 rings (SSSR count). The number of nitrogens with zero attached hydrogens (tertiary/aromatic N) is 1. The predicted octanol–water partition coefficient (Wildman–Crippen LogP) is 5.33. The first-order valence-electron chi connectivity index (χ1n) is 6.82. The smallest absolute Gasteiger partial charge is 0.255 e. The van der Waals surface area contributed by atoms with Gasteiger partial charge in [0.25, 0.3) is 5.54 Å². The van der Waals surface area contributed by atoms with E-state index in [1.807, 2.05) is 0 Å². The molecule has 1 heterocycles. The Kier molecular flexibility index (Phi) is 3.90. The Morgan fingerprint density at radius 3 is 1.65 bits per heavy atom. The van der Waals surface area contributed by atoms with Crippen molar-refractivity contribution in [3.05, 3.63) is 47.5 Å². The molecule has 0 bridgehead atoms. The zero-order valence-electron chi connectivity index (χ0n) is 12.7. The fourth-order valence-electron chi connectivity index (χ4n) is 2.62. The second-order valence-electron chi connectivity index (χ2n) is 6.38. The minimum Gasteiger partial charge on any atom is -0.255 e. The van der Waals surface area contributed by atoms with Crippen LogP contribution in [0, 0.1) is 5.41 Å². The van der Waals surface area contributed by atoms with E-state index in [9.17, 15) is 26.3 Å². The Morgan fingerprint density at radius 2 is 1.30 bits per heavy atom. The molecule has 0 fully saturated rings. The lowest BCUT2D eigenvalue weighted by atomic mass is 9.74. The quantitative estimate of drug-likeness (QED) is 0.616. The Balaban J connectivity index is 2.78. The molecule has 0 saturated heterocycles. The molecule has 0 amide bonds. The van der Waals surface area contributed by atoms with Crippen molar-refractivity contribution < 1.29 is 26.3 Å². The molecule has 1 nitrogen and oxygen atoms in total. The molecule has 0 saturated carbocycles. The Morgan fingerprint density at radius 1 is 0.826 bits per heavy atom. The van der Waals surface area contributed by atoms with E-state index in [-0.39, 0.29) is 11.3 Å². The lowest BCUT2D eigenvalue weighted by Gasteiger charge is -2.38. The second-order valence-corrected chi connectivity index (χ2v) is 6.38. The molecule has 0 aliphatic carbocycles. The van der Waals surface area contributed by atoms with Crippen molar-refractivity contribution in [3.63, 3.8) is 0 Å². The maximum Gasteiger partial charge on any atom is 0.426 e. The van der Waals surface area contributed by atoms with Crippen LogP contribution in [-0.2, 0) is 0 Å². The monoisotopic (exact) mass is 335 g/mol. The van der Waals surface area contributed by atoms with Crippen LogP contribution in [0.1, 0.15) is 26.3 Å². The van der Waals surface area contributed by atoms with Gasteiger partial charge in [0.1, 0.15) is 0 Å². The summed E-state index contributed by atoms with van der Waals surface area (Å²) in [6, 6.07) is 7.54. The van der Waals surface area contributed by atoms with Gasteiger partial charge in [0, 0.05) is 0 Å². The van der Waals surface area contributed by atoms with Gasteiger partial charge in [-0.05, 0) is 22.6 Å². The van der Waals surface area contributed by atoms with Crippen LogP contribution in [0.4, 0.5) is 26.3 Å². The molecule has 0 spiro atoms. The molecular weight excluding hydrogens is 320 g/mol. The van der Waals surface area contributed by atoms with E-state index in [4.69, 9.17) is 0 Å². The summed E-state index contributed by atoms with van der Waals surface area (Å²) in [5, 5.41) is 0. The molecule has 0 radical (unpaired) electrons. The zero-order chi connectivity index (χ0) is 17.7. The van der Waals surface area contributed by atoms with Crippen molar-refractivity contribution in [3.8, 4) is 0 Å². The second kappa shape index (κ2) is 5.11. The SMILES string of the molecule is CC(C)(C)C1=CC(c2ccccc2)=NC1(C(F)(F)F)C(F)(F)F. The highest BCUT2D eigenvalue weighted by molar-refractivity contribution is 6.11. The van der Waals surface area contributed by atoms with Crippen LogP contribution in [0.15, 0.2) is 47.0 Å². The summed E-state index contributed by atoms with van der Waals surface area (Å²) in [6.45, 7) is 3.94. The molecule has 1 aliphatic rings. The van der Waals surface area contributed by atoms with Crippen LogP contribution in [0.3, 0.4) is 0 Å². The third kappa shape index (κ3) is 2.77. The fourth-order valence-corrected chi connectivity index (χ4v) is 2.62. The standard InChI is InChI=1S/C16H15F6N/c1-13(2,3)12-9-11(10-7-5-4-6-8-10)23-14(12,15(17,18)19)16(20,21)22/h4-9H,1-3H3. The van der Waals surface area contributed by atoms with Gasteiger partial charge in [-0.25, -0.2) is 0 Å². The summed E-state index contributed by atoms with van der Waals surface area (Å²) in [5.74, 6) is 0. The van der Waals surface area contributed by atoms with Gasteiger partial charge in [-0.2, -0.15) is 26.3 Å². The first-order chi connectivity index (χ1) is 10.3. The van der Waals surface area contributed by atoms with Crippen LogP contribution >= 0.6 is 0 Å². The molecule has 1 aliphatic heterocycles. The summed E-state index contributed by atoms with van der Waals surface area (Å²) < 4.78 is 81.1. The van der Waals surface area contributed by atoms with Crippen molar-refractivity contribution in [2.75, 3.05) is 0 Å². The maximum absolute atomic E-state index is 13.5. The minimum absolute atomic E-state index is 0.213. The molecule has 0 atom stereocenters. The topological polar surface area (TPSA) is 12.4 Å².